The minimum absolute atomic E-state index is 0.0208. The third kappa shape index (κ3) is 1.64. The second kappa shape index (κ2) is 4.21. The third-order valence-electron chi connectivity index (χ3n) is 1.81. The van der Waals surface area contributed by atoms with E-state index in [-0.39, 0.29) is 6.61 Å². The van der Waals surface area contributed by atoms with Crippen LogP contribution in [-0.2, 0) is 19.6 Å². The predicted molar refractivity (Wildman–Crippen MR) is 45.6 cm³/mol. The van der Waals surface area contributed by atoms with Crippen LogP contribution in [0.5, 0.6) is 0 Å². The molecule has 12 heavy (non-hydrogen) atoms. The van der Waals surface area contributed by atoms with E-state index < -0.39 is 0 Å². The Labute approximate surface area is 72.2 Å². The molecule has 0 unspecified atom stereocenters. The minimum Gasteiger partial charge on any atom is -0.388 e. The predicted octanol–water partition coefficient (Wildman–Crippen LogP) is 0.743. The molecular weight excluding hydrogens is 154 g/mol. The molecule has 1 heterocycles. The molecular formula is C8H15N3O. The fraction of sp³-hybridized carbons (Fsp3) is 0.750. The summed E-state index contributed by atoms with van der Waals surface area (Å²) in [7, 11) is 0. The lowest BCUT2D eigenvalue weighted by molar-refractivity contribution is 0.264. The summed E-state index contributed by atoms with van der Waals surface area (Å²) in [5.74, 6) is 1.63. The van der Waals surface area contributed by atoms with E-state index in [1.165, 1.54) is 0 Å². The normalized spacial score (nSPS) is 10.6. The molecule has 68 valence electrons. The molecule has 4 heteroatoms. The number of aromatic nitrogens is 3. The van der Waals surface area contributed by atoms with Crippen molar-refractivity contribution in [1.82, 2.24) is 14.8 Å². The fourth-order valence-corrected chi connectivity index (χ4v) is 1.23. The molecule has 0 radical (unpaired) electrons. The molecule has 1 aromatic heterocycles. The van der Waals surface area contributed by atoms with Gasteiger partial charge in [-0.1, -0.05) is 13.8 Å². The highest BCUT2D eigenvalue weighted by molar-refractivity contribution is 4.94. The lowest BCUT2D eigenvalue weighted by Gasteiger charge is -2.05. The summed E-state index contributed by atoms with van der Waals surface area (Å²) >= 11 is 0. The van der Waals surface area contributed by atoms with E-state index in [4.69, 9.17) is 5.11 Å². The Morgan fingerprint density at radius 2 is 1.92 bits per heavy atom. The maximum Gasteiger partial charge on any atom is 0.158 e. The standard InChI is InChI=1S/C8H15N3O/c1-3-5-11-7(4-2)9-10-8(11)6-12/h12H,3-6H2,1-2H3. The van der Waals surface area contributed by atoms with Gasteiger partial charge >= 0.3 is 0 Å². The molecule has 0 bridgehead atoms. The topological polar surface area (TPSA) is 50.9 Å². The summed E-state index contributed by atoms with van der Waals surface area (Å²) in [6.45, 7) is 5.01. The summed E-state index contributed by atoms with van der Waals surface area (Å²) in [5, 5.41) is 16.8. The Hall–Kier alpha value is -0.900. The largest absolute Gasteiger partial charge is 0.388 e. The van der Waals surface area contributed by atoms with Crippen LogP contribution in [-0.4, -0.2) is 19.9 Å². The zero-order chi connectivity index (χ0) is 8.97. The first-order valence-corrected chi connectivity index (χ1v) is 4.35. The molecule has 0 saturated carbocycles. The van der Waals surface area contributed by atoms with Crippen molar-refractivity contribution in [3.05, 3.63) is 11.6 Å². The van der Waals surface area contributed by atoms with Crippen molar-refractivity contribution in [2.45, 2.75) is 39.8 Å². The first-order chi connectivity index (χ1) is 5.83. The van der Waals surface area contributed by atoms with Gasteiger partial charge in [-0.15, -0.1) is 10.2 Å². The highest BCUT2D eigenvalue weighted by Crippen LogP contribution is 2.03. The molecule has 0 aliphatic rings. The monoisotopic (exact) mass is 169 g/mol. The number of nitrogens with zero attached hydrogens (tertiary/aromatic N) is 3. The Bertz CT molecular complexity index is 223. The van der Waals surface area contributed by atoms with E-state index in [1.807, 2.05) is 11.5 Å². The van der Waals surface area contributed by atoms with Gasteiger partial charge in [-0.25, -0.2) is 0 Å². The Morgan fingerprint density at radius 1 is 1.25 bits per heavy atom. The quantitative estimate of drug-likeness (QED) is 0.723. The highest BCUT2D eigenvalue weighted by atomic mass is 16.3. The first-order valence-electron chi connectivity index (χ1n) is 4.35. The van der Waals surface area contributed by atoms with Crippen molar-refractivity contribution in [1.29, 1.82) is 0 Å². The van der Waals surface area contributed by atoms with Gasteiger partial charge in [-0.2, -0.15) is 0 Å². The van der Waals surface area contributed by atoms with Gasteiger partial charge in [-0.3, -0.25) is 0 Å². The number of rotatable bonds is 4. The van der Waals surface area contributed by atoms with E-state index in [2.05, 4.69) is 17.1 Å². The van der Waals surface area contributed by atoms with Crippen molar-refractivity contribution in [3.8, 4) is 0 Å². The van der Waals surface area contributed by atoms with E-state index in [1.54, 1.807) is 0 Å². The Morgan fingerprint density at radius 3 is 2.42 bits per heavy atom. The number of aliphatic hydroxyl groups excluding tert-OH is 1. The van der Waals surface area contributed by atoms with Gasteiger partial charge in [0, 0.05) is 13.0 Å². The first kappa shape index (κ1) is 9.19. The number of aryl methyl sites for hydroxylation is 1. The van der Waals surface area contributed by atoms with Crippen LogP contribution < -0.4 is 0 Å². The maximum absolute atomic E-state index is 8.93. The molecule has 0 aliphatic heterocycles. The summed E-state index contributed by atoms with van der Waals surface area (Å²) in [5.41, 5.74) is 0. The molecule has 1 N–H and O–H groups in total. The molecule has 0 aliphatic carbocycles. The summed E-state index contributed by atoms with van der Waals surface area (Å²) in [6.07, 6.45) is 1.91. The summed E-state index contributed by atoms with van der Waals surface area (Å²) < 4.78 is 1.99. The van der Waals surface area contributed by atoms with Crippen molar-refractivity contribution in [2.75, 3.05) is 0 Å². The van der Waals surface area contributed by atoms with Crippen LogP contribution in [0.1, 0.15) is 31.9 Å². The van der Waals surface area contributed by atoms with Crippen LogP contribution in [0, 0.1) is 0 Å². The van der Waals surface area contributed by atoms with Crippen molar-refractivity contribution >= 4 is 0 Å². The summed E-state index contributed by atoms with van der Waals surface area (Å²) in [6, 6.07) is 0. The van der Waals surface area contributed by atoms with Crippen LogP contribution >= 0.6 is 0 Å². The lowest BCUT2D eigenvalue weighted by Crippen LogP contribution is -2.06. The van der Waals surface area contributed by atoms with Gasteiger partial charge in [-0.05, 0) is 6.42 Å². The smallest absolute Gasteiger partial charge is 0.158 e. The van der Waals surface area contributed by atoms with Crippen molar-refractivity contribution in [3.63, 3.8) is 0 Å². The SMILES string of the molecule is CCCn1c(CC)nnc1CO. The fourth-order valence-electron chi connectivity index (χ4n) is 1.23. The highest BCUT2D eigenvalue weighted by Gasteiger charge is 2.07. The van der Waals surface area contributed by atoms with Gasteiger partial charge in [0.2, 0.25) is 0 Å². The maximum atomic E-state index is 8.93. The van der Waals surface area contributed by atoms with Crippen LogP contribution in [0.25, 0.3) is 0 Å². The molecule has 0 spiro atoms. The Kier molecular flexibility index (Phi) is 3.22. The average molecular weight is 169 g/mol. The van der Waals surface area contributed by atoms with Crippen molar-refractivity contribution in [2.24, 2.45) is 0 Å². The molecule has 0 fully saturated rings. The van der Waals surface area contributed by atoms with Gasteiger partial charge in [0.1, 0.15) is 12.4 Å². The van der Waals surface area contributed by atoms with Crippen LogP contribution in [0.2, 0.25) is 0 Å². The third-order valence-corrected chi connectivity index (χ3v) is 1.81. The number of aliphatic hydroxyl groups is 1. The molecule has 0 aromatic carbocycles. The van der Waals surface area contributed by atoms with Gasteiger partial charge in [0.25, 0.3) is 0 Å². The summed E-state index contributed by atoms with van der Waals surface area (Å²) in [4.78, 5) is 0. The number of hydrogen-bond donors (Lipinski definition) is 1. The second-order valence-corrected chi connectivity index (χ2v) is 2.70. The lowest BCUT2D eigenvalue weighted by atomic mass is 10.4. The molecule has 1 rings (SSSR count). The van der Waals surface area contributed by atoms with Crippen molar-refractivity contribution < 1.29 is 5.11 Å². The zero-order valence-electron chi connectivity index (χ0n) is 7.62. The van der Waals surface area contributed by atoms with Gasteiger partial charge < -0.3 is 9.67 Å². The molecule has 0 atom stereocenters. The molecule has 0 amide bonds. The molecule has 0 saturated heterocycles. The minimum atomic E-state index is -0.0208. The Balaban J connectivity index is 2.90. The van der Waals surface area contributed by atoms with E-state index in [9.17, 15) is 0 Å². The van der Waals surface area contributed by atoms with Gasteiger partial charge in [0.15, 0.2) is 5.82 Å². The molecule has 1 aromatic rings. The van der Waals surface area contributed by atoms with E-state index in [0.29, 0.717) is 5.82 Å². The van der Waals surface area contributed by atoms with Gasteiger partial charge in [0.05, 0.1) is 0 Å². The van der Waals surface area contributed by atoms with Crippen LogP contribution in [0.4, 0.5) is 0 Å². The van der Waals surface area contributed by atoms with Crippen LogP contribution in [0.15, 0.2) is 0 Å². The molecule has 4 nitrogen and oxygen atoms in total. The second-order valence-electron chi connectivity index (χ2n) is 2.70. The zero-order valence-corrected chi connectivity index (χ0v) is 7.62. The average Bonchev–Trinajstić information content (AvgIpc) is 2.48. The van der Waals surface area contributed by atoms with Crippen LogP contribution in [0.3, 0.4) is 0 Å². The number of hydrogen-bond acceptors (Lipinski definition) is 3. The van der Waals surface area contributed by atoms with E-state index >= 15 is 0 Å². The van der Waals surface area contributed by atoms with E-state index in [0.717, 1.165) is 25.2 Å².